The van der Waals surface area contributed by atoms with Crippen LogP contribution in [0.15, 0.2) is 9.95 Å². The fourth-order valence-corrected chi connectivity index (χ4v) is 4.50. The molecule has 0 aliphatic carbocycles. The van der Waals surface area contributed by atoms with Crippen molar-refractivity contribution in [2.24, 2.45) is 5.73 Å². The van der Waals surface area contributed by atoms with Gasteiger partial charge < -0.3 is 10.5 Å². The number of nitrogens with zero attached hydrogens (tertiary/aromatic N) is 2. The molecule has 0 saturated heterocycles. The molecule has 3 amide bonds. The number of thioether (sulfide) groups is 1. The Morgan fingerprint density at radius 2 is 2.11 bits per heavy atom. The molecule has 2 aromatic rings. The van der Waals surface area contributed by atoms with Crippen LogP contribution in [0.5, 0.6) is 0 Å². The molecule has 2 heterocycles. The number of nitrogens with one attached hydrogen (secondary N) is 1. The Hall–Kier alpha value is -1.91. The van der Waals surface area contributed by atoms with Crippen molar-refractivity contribution in [3.05, 3.63) is 20.8 Å². The molecule has 0 aliphatic rings. The standard InChI is InChI=1S/C17H24N4O4S2/c1-5-25-8-6-7-21-15(23)12-9(2)10(3)26-14(12)20-17(21)27-11(4)13(22)19-16(18)24/h11H,5-8H2,1-4H3,(H3,18,19,22,24). The quantitative estimate of drug-likeness (QED) is 0.390. The minimum atomic E-state index is -0.908. The minimum absolute atomic E-state index is 0.122. The summed E-state index contributed by atoms with van der Waals surface area (Å²) >= 11 is 2.58. The van der Waals surface area contributed by atoms with E-state index in [1.807, 2.05) is 20.8 Å². The summed E-state index contributed by atoms with van der Waals surface area (Å²) in [5.41, 5.74) is 5.81. The molecule has 8 nitrogen and oxygen atoms in total. The molecule has 0 spiro atoms. The third-order valence-electron chi connectivity index (χ3n) is 4.03. The lowest BCUT2D eigenvalue weighted by molar-refractivity contribution is -0.119. The highest BCUT2D eigenvalue weighted by Crippen LogP contribution is 2.29. The van der Waals surface area contributed by atoms with Gasteiger partial charge in [-0.05, 0) is 39.7 Å². The second-order valence-corrected chi connectivity index (χ2v) is 8.49. The molecule has 0 bridgehead atoms. The van der Waals surface area contributed by atoms with Gasteiger partial charge >= 0.3 is 6.03 Å². The topological polar surface area (TPSA) is 116 Å². The van der Waals surface area contributed by atoms with Crippen LogP contribution in [0.2, 0.25) is 0 Å². The Morgan fingerprint density at radius 1 is 1.41 bits per heavy atom. The predicted octanol–water partition coefficient (Wildman–Crippen LogP) is 2.18. The number of hydrogen-bond donors (Lipinski definition) is 2. The van der Waals surface area contributed by atoms with Crippen LogP contribution in [0, 0.1) is 13.8 Å². The van der Waals surface area contributed by atoms with E-state index in [9.17, 15) is 14.4 Å². The molecule has 148 valence electrons. The van der Waals surface area contributed by atoms with Crippen molar-refractivity contribution in [2.75, 3.05) is 13.2 Å². The lowest BCUT2D eigenvalue weighted by Crippen LogP contribution is -2.39. The predicted molar refractivity (Wildman–Crippen MR) is 108 cm³/mol. The van der Waals surface area contributed by atoms with Gasteiger partial charge in [0.2, 0.25) is 5.91 Å². The normalized spacial score (nSPS) is 12.3. The number of primary amides is 1. The van der Waals surface area contributed by atoms with Crippen molar-refractivity contribution >= 4 is 45.3 Å². The van der Waals surface area contributed by atoms with Crippen molar-refractivity contribution in [3.63, 3.8) is 0 Å². The van der Waals surface area contributed by atoms with Gasteiger partial charge in [0.25, 0.3) is 5.56 Å². The summed E-state index contributed by atoms with van der Waals surface area (Å²) in [5.74, 6) is -0.527. The number of fused-ring (bicyclic) bond motifs is 1. The molecule has 1 unspecified atom stereocenters. The molecule has 0 aliphatic heterocycles. The third-order valence-corrected chi connectivity index (χ3v) is 6.22. The van der Waals surface area contributed by atoms with Crippen LogP contribution in [-0.2, 0) is 16.1 Å². The van der Waals surface area contributed by atoms with Gasteiger partial charge in [0.05, 0.1) is 10.6 Å². The van der Waals surface area contributed by atoms with Gasteiger partial charge in [-0.1, -0.05) is 11.8 Å². The van der Waals surface area contributed by atoms with Crippen LogP contribution in [0.3, 0.4) is 0 Å². The Bertz CT molecular complexity index is 906. The lowest BCUT2D eigenvalue weighted by atomic mass is 10.2. The first kappa shape index (κ1) is 21.4. The van der Waals surface area contributed by atoms with E-state index >= 15 is 0 Å². The average Bonchev–Trinajstić information content (AvgIpc) is 2.87. The summed E-state index contributed by atoms with van der Waals surface area (Å²) in [6.45, 7) is 8.99. The minimum Gasteiger partial charge on any atom is -0.382 e. The van der Waals surface area contributed by atoms with Crippen molar-refractivity contribution in [1.82, 2.24) is 14.9 Å². The summed E-state index contributed by atoms with van der Waals surface area (Å²) < 4.78 is 6.94. The van der Waals surface area contributed by atoms with Crippen LogP contribution < -0.4 is 16.6 Å². The summed E-state index contributed by atoms with van der Waals surface area (Å²) in [6, 6.07) is -0.908. The second-order valence-electron chi connectivity index (χ2n) is 5.98. The molecule has 3 N–H and O–H groups in total. The monoisotopic (exact) mass is 412 g/mol. The number of nitrogens with two attached hydrogens (primary N) is 1. The number of aromatic nitrogens is 2. The number of urea groups is 1. The highest BCUT2D eigenvalue weighted by atomic mass is 32.2. The molecule has 0 fully saturated rings. The maximum Gasteiger partial charge on any atom is 0.318 e. The first-order valence-corrected chi connectivity index (χ1v) is 10.3. The molecule has 0 aromatic carbocycles. The van der Waals surface area contributed by atoms with Gasteiger partial charge in [-0.25, -0.2) is 9.78 Å². The maximum atomic E-state index is 13.1. The number of hydrogen-bond acceptors (Lipinski definition) is 7. The number of rotatable bonds is 8. The van der Waals surface area contributed by atoms with E-state index in [1.165, 1.54) is 11.3 Å². The number of imide groups is 1. The first-order chi connectivity index (χ1) is 12.8. The fourth-order valence-electron chi connectivity index (χ4n) is 2.50. The van der Waals surface area contributed by atoms with Crippen LogP contribution in [0.25, 0.3) is 10.2 Å². The van der Waals surface area contributed by atoms with Gasteiger partial charge in [0, 0.05) is 24.6 Å². The highest BCUT2D eigenvalue weighted by molar-refractivity contribution is 8.00. The molecule has 0 saturated carbocycles. The zero-order valence-electron chi connectivity index (χ0n) is 15.8. The third kappa shape index (κ3) is 5.08. The van der Waals surface area contributed by atoms with E-state index < -0.39 is 17.2 Å². The van der Waals surface area contributed by atoms with E-state index in [0.29, 0.717) is 41.6 Å². The average molecular weight is 413 g/mol. The largest absolute Gasteiger partial charge is 0.382 e. The Morgan fingerprint density at radius 3 is 2.74 bits per heavy atom. The fraction of sp³-hybridized carbons (Fsp3) is 0.529. The molecule has 27 heavy (non-hydrogen) atoms. The van der Waals surface area contributed by atoms with Crippen molar-refractivity contribution in [3.8, 4) is 0 Å². The molecule has 2 rings (SSSR count). The van der Waals surface area contributed by atoms with Gasteiger partial charge in [-0.3, -0.25) is 19.5 Å². The zero-order valence-corrected chi connectivity index (χ0v) is 17.5. The summed E-state index contributed by atoms with van der Waals surface area (Å²) in [4.78, 5) is 42.3. The SMILES string of the molecule is CCOCCCn1c(SC(C)C(=O)NC(N)=O)nc2sc(C)c(C)c2c1=O. The van der Waals surface area contributed by atoms with E-state index in [1.54, 1.807) is 11.5 Å². The second kappa shape index (κ2) is 9.34. The maximum absolute atomic E-state index is 13.1. The van der Waals surface area contributed by atoms with E-state index in [-0.39, 0.29) is 5.56 Å². The summed E-state index contributed by atoms with van der Waals surface area (Å²) in [5, 5.41) is 2.48. The van der Waals surface area contributed by atoms with Crippen LogP contribution in [0.1, 0.15) is 30.7 Å². The molecule has 1 atom stereocenters. The molecular weight excluding hydrogens is 388 g/mol. The van der Waals surface area contributed by atoms with Gasteiger partial charge in [0.15, 0.2) is 5.16 Å². The molecule has 0 radical (unpaired) electrons. The van der Waals surface area contributed by atoms with Crippen molar-refractivity contribution in [2.45, 2.75) is 51.1 Å². The van der Waals surface area contributed by atoms with Crippen molar-refractivity contribution < 1.29 is 14.3 Å². The Balaban J connectivity index is 2.40. The number of ether oxygens (including phenoxy) is 1. The van der Waals surface area contributed by atoms with Gasteiger partial charge in [0.1, 0.15) is 4.83 Å². The van der Waals surface area contributed by atoms with E-state index in [0.717, 1.165) is 22.2 Å². The highest BCUT2D eigenvalue weighted by Gasteiger charge is 2.22. The van der Waals surface area contributed by atoms with E-state index in [4.69, 9.17) is 10.5 Å². The first-order valence-electron chi connectivity index (χ1n) is 8.61. The zero-order chi connectivity index (χ0) is 20.1. The van der Waals surface area contributed by atoms with Crippen LogP contribution in [-0.4, -0.2) is 40.0 Å². The molecule has 2 aromatic heterocycles. The summed E-state index contributed by atoms with van der Waals surface area (Å²) in [7, 11) is 0. The number of aryl methyl sites for hydroxylation is 2. The number of carbonyl (C=O) groups excluding carboxylic acids is 2. The van der Waals surface area contributed by atoms with Crippen molar-refractivity contribution in [1.29, 1.82) is 0 Å². The molecular formula is C17H24N4O4S2. The van der Waals surface area contributed by atoms with Crippen LogP contribution >= 0.6 is 23.1 Å². The number of thiophene rings is 1. The lowest BCUT2D eigenvalue weighted by Gasteiger charge is -2.15. The Kier molecular flexibility index (Phi) is 7.40. The van der Waals surface area contributed by atoms with Crippen LogP contribution in [0.4, 0.5) is 4.79 Å². The number of carbonyl (C=O) groups is 2. The smallest absolute Gasteiger partial charge is 0.318 e. The number of amides is 3. The Labute approximate surface area is 165 Å². The molecule has 10 heteroatoms. The summed E-state index contributed by atoms with van der Waals surface area (Å²) in [6.07, 6.45) is 0.651. The van der Waals surface area contributed by atoms with E-state index in [2.05, 4.69) is 10.3 Å². The van der Waals surface area contributed by atoms with Gasteiger partial charge in [-0.15, -0.1) is 11.3 Å². The van der Waals surface area contributed by atoms with Gasteiger partial charge in [-0.2, -0.15) is 0 Å².